The Hall–Kier alpha value is -2.04. The van der Waals surface area contributed by atoms with Crippen LogP contribution >= 0.6 is 11.3 Å². The molecule has 4 rings (SSSR count). The van der Waals surface area contributed by atoms with E-state index in [9.17, 15) is 8.42 Å². The zero-order valence-corrected chi connectivity index (χ0v) is 16.8. The van der Waals surface area contributed by atoms with E-state index in [0.29, 0.717) is 24.7 Å². The number of hydrogen-bond donors (Lipinski definition) is 0. The maximum atomic E-state index is 11.9. The predicted molar refractivity (Wildman–Crippen MR) is 103 cm³/mol. The van der Waals surface area contributed by atoms with Crippen molar-refractivity contribution in [1.82, 2.24) is 24.1 Å². The molecule has 0 spiro atoms. The van der Waals surface area contributed by atoms with E-state index >= 15 is 0 Å². The predicted octanol–water partition coefficient (Wildman–Crippen LogP) is 2.21. The molecule has 1 aliphatic heterocycles. The molecule has 3 heterocycles. The first kappa shape index (κ1) is 18.3. The molecule has 0 saturated carbocycles. The maximum absolute atomic E-state index is 11.9. The Labute approximate surface area is 161 Å². The Morgan fingerprint density at radius 1 is 1.33 bits per heavy atom. The minimum atomic E-state index is -3.20. The summed E-state index contributed by atoms with van der Waals surface area (Å²) in [7, 11) is -3.20. The first-order valence-electron chi connectivity index (χ1n) is 8.76. The lowest BCUT2D eigenvalue weighted by molar-refractivity contribution is 0.301. The third-order valence-corrected chi connectivity index (χ3v) is 6.77. The normalized spacial score (nSPS) is 18.8. The van der Waals surface area contributed by atoms with E-state index in [-0.39, 0.29) is 5.92 Å². The molecule has 3 aromatic rings. The highest BCUT2D eigenvalue weighted by atomic mass is 32.2. The second-order valence-electron chi connectivity index (χ2n) is 6.81. The molecule has 1 saturated heterocycles. The number of aromatic nitrogens is 4. The van der Waals surface area contributed by atoms with Crippen molar-refractivity contribution in [1.29, 1.82) is 0 Å². The summed E-state index contributed by atoms with van der Waals surface area (Å²) in [6.07, 6.45) is 2.93. The molecule has 1 fully saturated rings. The summed E-state index contributed by atoms with van der Waals surface area (Å²) in [5, 5.41) is 13.9. The number of sulfonamides is 1. The van der Waals surface area contributed by atoms with Crippen LogP contribution in [0.5, 0.6) is 5.75 Å². The van der Waals surface area contributed by atoms with Gasteiger partial charge >= 0.3 is 0 Å². The third-order valence-electron chi connectivity index (χ3n) is 4.63. The Kier molecular flexibility index (Phi) is 4.87. The van der Waals surface area contributed by atoms with Crippen LogP contribution < -0.4 is 4.74 Å². The van der Waals surface area contributed by atoms with E-state index < -0.39 is 10.0 Å². The number of ether oxygens (including phenoxy) is 1. The summed E-state index contributed by atoms with van der Waals surface area (Å²) in [6, 6.07) is 7.87. The standard InChI is InChI=1S/C17H21N5O3S2/c1-12-5-3-7-14(9-12)25-11-15-20-22-16(18-19-17(22)26-15)13-6-4-8-21(10-13)27(2,23)24/h3,5,7,9,13H,4,6,8,10-11H2,1-2H3. The molecule has 144 valence electrons. The molecule has 8 nitrogen and oxygen atoms in total. The molecule has 27 heavy (non-hydrogen) atoms. The second-order valence-corrected chi connectivity index (χ2v) is 9.84. The molecule has 1 aliphatic rings. The number of hydrogen-bond acceptors (Lipinski definition) is 7. The Bertz CT molecular complexity index is 1060. The van der Waals surface area contributed by atoms with Crippen LogP contribution in [0.4, 0.5) is 0 Å². The van der Waals surface area contributed by atoms with Crippen molar-refractivity contribution in [3.63, 3.8) is 0 Å². The van der Waals surface area contributed by atoms with Gasteiger partial charge < -0.3 is 4.74 Å². The zero-order chi connectivity index (χ0) is 19.0. The van der Waals surface area contributed by atoms with Crippen LogP contribution in [0.1, 0.15) is 35.2 Å². The zero-order valence-electron chi connectivity index (χ0n) is 15.2. The minimum Gasteiger partial charge on any atom is -0.486 e. The van der Waals surface area contributed by atoms with Gasteiger partial charge in [-0.15, -0.1) is 10.2 Å². The van der Waals surface area contributed by atoms with E-state index in [0.717, 1.165) is 35.0 Å². The topological polar surface area (TPSA) is 89.7 Å². The van der Waals surface area contributed by atoms with Gasteiger partial charge in [-0.25, -0.2) is 12.7 Å². The monoisotopic (exact) mass is 407 g/mol. The molecule has 0 N–H and O–H groups in total. The van der Waals surface area contributed by atoms with Gasteiger partial charge in [0.25, 0.3) is 0 Å². The number of rotatable bonds is 5. The van der Waals surface area contributed by atoms with Gasteiger partial charge in [-0.05, 0) is 37.5 Å². The van der Waals surface area contributed by atoms with E-state index in [4.69, 9.17) is 4.74 Å². The van der Waals surface area contributed by atoms with Crippen molar-refractivity contribution >= 4 is 26.3 Å². The molecule has 1 atom stereocenters. The van der Waals surface area contributed by atoms with Crippen molar-refractivity contribution in [3.05, 3.63) is 40.7 Å². The first-order chi connectivity index (χ1) is 12.9. The molecule has 1 unspecified atom stereocenters. The lowest BCUT2D eigenvalue weighted by atomic mass is 9.99. The average Bonchev–Trinajstić information content (AvgIpc) is 3.19. The van der Waals surface area contributed by atoms with Gasteiger partial charge in [0.2, 0.25) is 15.0 Å². The number of nitrogens with zero attached hydrogens (tertiary/aromatic N) is 5. The molecule has 0 amide bonds. The number of piperidine rings is 1. The summed E-state index contributed by atoms with van der Waals surface area (Å²) in [5.74, 6) is 1.52. The van der Waals surface area contributed by atoms with E-state index in [2.05, 4.69) is 15.3 Å². The van der Waals surface area contributed by atoms with Gasteiger partial charge in [0.1, 0.15) is 12.4 Å². The summed E-state index contributed by atoms with van der Waals surface area (Å²) in [6.45, 7) is 3.36. The molecule has 2 aromatic heterocycles. The van der Waals surface area contributed by atoms with Crippen LogP contribution in [-0.4, -0.2) is 51.9 Å². The fourth-order valence-corrected chi connectivity index (χ4v) is 4.95. The molecule has 1 aromatic carbocycles. The van der Waals surface area contributed by atoms with Gasteiger partial charge in [0.05, 0.1) is 6.26 Å². The Morgan fingerprint density at radius 2 is 2.19 bits per heavy atom. The number of aryl methyl sites for hydroxylation is 1. The van der Waals surface area contributed by atoms with Crippen molar-refractivity contribution in [2.45, 2.75) is 32.3 Å². The smallest absolute Gasteiger partial charge is 0.234 e. The molecule has 0 radical (unpaired) electrons. The van der Waals surface area contributed by atoms with Crippen LogP contribution in [0.2, 0.25) is 0 Å². The summed E-state index contributed by atoms with van der Waals surface area (Å²) >= 11 is 1.43. The van der Waals surface area contributed by atoms with Crippen LogP contribution in [0.15, 0.2) is 24.3 Å². The van der Waals surface area contributed by atoms with Crippen LogP contribution in [0.3, 0.4) is 0 Å². The average molecular weight is 408 g/mol. The van der Waals surface area contributed by atoms with Gasteiger partial charge in [0, 0.05) is 19.0 Å². The van der Waals surface area contributed by atoms with Crippen molar-refractivity contribution in [2.75, 3.05) is 19.3 Å². The number of benzene rings is 1. The molecular weight excluding hydrogens is 386 g/mol. The van der Waals surface area contributed by atoms with Gasteiger partial charge in [-0.2, -0.15) is 9.61 Å². The first-order valence-corrected chi connectivity index (χ1v) is 11.4. The lowest BCUT2D eigenvalue weighted by Crippen LogP contribution is -2.38. The fourth-order valence-electron chi connectivity index (χ4n) is 3.29. The highest BCUT2D eigenvalue weighted by Crippen LogP contribution is 2.28. The summed E-state index contributed by atoms with van der Waals surface area (Å²) < 4.78 is 32.8. The summed E-state index contributed by atoms with van der Waals surface area (Å²) in [5.41, 5.74) is 1.14. The van der Waals surface area contributed by atoms with Crippen molar-refractivity contribution in [3.8, 4) is 5.75 Å². The minimum absolute atomic E-state index is 0.00360. The quantitative estimate of drug-likeness (QED) is 0.644. The van der Waals surface area contributed by atoms with E-state index in [1.165, 1.54) is 21.9 Å². The number of fused-ring (bicyclic) bond motifs is 1. The molecule has 0 aliphatic carbocycles. The lowest BCUT2D eigenvalue weighted by Gasteiger charge is -2.29. The highest BCUT2D eigenvalue weighted by Gasteiger charge is 2.30. The van der Waals surface area contributed by atoms with Crippen LogP contribution in [0, 0.1) is 6.92 Å². The fraction of sp³-hybridized carbons (Fsp3) is 0.471. The SMILES string of the molecule is Cc1cccc(OCc2nn3c(C4CCCN(S(C)(=O)=O)C4)nnc3s2)c1. The largest absolute Gasteiger partial charge is 0.486 e. The maximum Gasteiger partial charge on any atom is 0.234 e. The van der Waals surface area contributed by atoms with E-state index in [1.807, 2.05) is 31.2 Å². The molecule has 10 heteroatoms. The van der Waals surface area contributed by atoms with Crippen molar-refractivity contribution < 1.29 is 13.2 Å². The molecule has 0 bridgehead atoms. The van der Waals surface area contributed by atoms with E-state index in [1.54, 1.807) is 4.52 Å². The summed E-state index contributed by atoms with van der Waals surface area (Å²) in [4.78, 5) is 0.698. The van der Waals surface area contributed by atoms with Gasteiger partial charge in [-0.1, -0.05) is 23.5 Å². The molecular formula is C17H21N5O3S2. The second kappa shape index (κ2) is 7.17. The van der Waals surface area contributed by atoms with Crippen LogP contribution in [-0.2, 0) is 16.6 Å². The Balaban J connectivity index is 1.52. The highest BCUT2D eigenvalue weighted by molar-refractivity contribution is 7.88. The van der Waals surface area contributed by atoms with Crippen molar-refractivity contribution in [2.24, 2.45) is 0 Å². The Morgan fingerprint density at radius 3 is 2.96 bits per heavy atom. The van der Waals surface area contributed by atoms with Gasteiger partial charge in [0.15, 0.2) is 10.8 Å². The van der Waals surface area contributed by atoms with Crippen LogP contribution in [0.25, 0.3) is 4.96 Å². The third kappa shape index (κ3) is 3.97. The van der Waals surface area contributed by atoms with Gasteiger partial charge in [-0.3, -0.25) is 0 Å².